The highest BCUT2D eigenvalue weighted by molar-refractivity contribution is 5.71. The number of hydrogen-bond donors (Lipinski definition) is 0. The lowest BCUT2D eigenvalue weighted by molar-refractivity contribution is 0.111. The van der Waals surface area contributed by atoms with E-state index in [-0.39, 0.29) is 11.8 Å². The van der Waals surface area contributed by atoms with Crippen LogP contribution in [0.2, 0.25) is 0 Å². The van der Waals surface area contributed by atoms with E-state index in [1.54, 1.807) is 19.2 Å². The van der Waals surface area contributed by atoms with E-state index < -0.39 is 0 Å². The first-order valence-corrected chi connectivity index (χ1v) is 4.89. The number of carbonyl (C=O) groups is 1. The largest absolute Gasteiger partial charge is 0.495 e. The number of carbonyl (C=O) groups excluding carboxylic acids is 1. The molecule has 0 bridgehead atoms. The highest BCUT2D eigenvalue weighted by atomic mass is 16.5. The Morgan fingerprint density at radius 1 is 1.18 bits per heavy atom. The van der Waals surface area contributed by atoms with Crippen LogP contribution in [0.5, 0.6) is 11.8 Å². The van der Waals surface area contributed by atoms with Gasteiger partial charge < -0.3 is 9.47 Å². The molecule has 17 heavy (non-hydrogen) atoms. The molecule has 0 radical (unpaired) electrons. The maximum atomic E-state index is 10.9. The van der Waals surface area contributed by atoms with Crippen molar-refractivity contribution in [3.63, 3.8) is 0 Å². The van der Waals surface area contributed by atoms with Gasteiger partial charge in [0.1, 0.15) is 5.75 Å². The predicted octanol–water partition coefficient (Wildman–Crippen LogP) is 1.10. The van der Waals surface area contributed by atoms with Crippen LogP contribution in [0.4, 0.5) is 0 Å². The van der Waals surface area contributed by atoms with E-state index in [0.29, 0.717) is 17.7 Å². The zero-order chi connectivity index (χ0) is 12.3. The average molecular weight is 233 g/mol. The molecule has 0 amide bonds. The predicted molar refractivity (Wildman–Crippen MR) is 59.9 cm³/mol. The molecular formula is C11H11N3O3. The van der Waals surface area contributed by atoms with Gasteiger partial charge in [-0.25, -0.2) is 4.57 Å². The Morgan fingerprint density at radius 2 is 1.94 bits per heavy atom. The van der Waals surface area contributed by atoms with Gasteiger partial charge in [-0.15, -0.1) is 5.10 Å². The van der Waals surface area contributed by atoms with Crippen molar-refractivity contribution in [1.29, 1.82) is 0 Å². The standard InChI is InChI=1S/C11H11N3O3/c1-16-9-6-4-3-5-8(9)14-10(7-15)12-13-11(14)17-2/h3-7H,1-2H3. The Bertz CT molecular complexity index is 537. The van der Waals surface area contributed by atoms with Crippen LogP contribution in [0.25, 0.3) is 5.69 Å². The summed E-state index contributed by atoms with van der Waals surface area (Å²) in [4.78, 5) is 10.9. The van der Waals surface area contributed by atoms with Gasteiger partial charge >= 0.3 is 6.01 Å². The molecule has 2 aromatic rings. The van der Waals surface area contributed by atoms with Crippen molar-refractivity contribution in [2.24, 2.45) is 0 Å². The Kier molecular flexibility index (Phi) is 3.04. The number of methoxy groups -OCH3 is 2. The van der Waals surface area contributed by atoms with Crippen molar-refractivity contribution in [2.45, 2.75) is 0 Å². The molecule has 0 saturated heterocycles. The molecule has 0 fully saturated rings. The number of ether oxygens (including phenoxy) is 2. The van der Waals surface area contributed by atoms with Gasteiger partial charge in [-0.3, -0.25) is 4.79 Å². The topological polar surface area (TPSA) is 66.2 Å². The first-order chi connectivity index (χ1) is 8.31. The summed E-state index contributed by atoms with van der Waals surface area (Å²) >= 11 is 0. The van der Waals surface area contributed by atoms with Crippen LogP contribution in [0.1, 0.15) is 10.6 Å². The first kappa shape index (κ1) is 11.1. The fraction of sp³-hybridized carbons (Fsp3) is 0.182. The third kappa shape index (κ3) is 1.84. The van der Waals surface area contributed by atoms with Gasteiger partial charge in [-0.2, -0.15) is 0 Å². The van der Waals surface area contributed by atoms with E-state index in [0.717, 1.165) is 0 Å². The summed E-state index contributed by atoms with van der Waals surface area (Å²) in [6.07, 6.45) is 0.613. The van der Waals surface area contributed by atoms with Gasteiger partial charge in [0.15, 0.2) is 6.29 Å². The molecule has 6 nitrogen and oxygen atoms in total. The van der Waals surface area contributed by atoms with Crippen molar-refractivity contribution in [1.82, 2.24) is 14.8 Å². The fourth-order valence-electron chi connectivity index (χ4n) is 1.53. The molecule has 0 aliphatic carbocycles. The number of para-hydroxylation sites is 2. The van der Waals surface area contributed by atoms with Crippen molar-refractivity contribution in [3.05, 3.63) is 30.1 Å². The molecule has 2 rings (SSSR count). The molecule has 0 aliphatic rings. The smallest absolute Gasteiger partial charge is 0.321 e. The lowest BCUT2D eigenvalue weighted by Gasteiger charge is -2.10. The second-order valence-corrected chi connectivity index (χ2v) is 3.17. The summed E-state index contributed by atoms with van der Waals surface area (Å²) < 4.78 is 11.8. The molecule has 0 N–H and O–H groups in total. The van der Waals surface area contributed by atoms with E-state index in [1.165, 1.54) is 11.7 Å². The van der Waals surface area contributed by atoms with Crippen LogP contribution in [0.15, 0.2) is 24.3 Å². The molecular weight excluding hydrogens is 222 g/mol. The van der Waals surface area contributed by atoms with Crippen molar-refractivity contribution in [3.8, 4) is 17.4 Å². The lowest BCUT2D eigenvalue weighted by Crippen LogP contribution is -2.04. The van der Waals surface area contributed by atoms with Crippen LogP contribution >= 0.6 is 0 Å². The molecule has 6 heteroatoms. The Morgan fingerprint density at radius 3 is 2.59 bits per heavy atom. The monoisotopic (exact) mass is 233 g/mol. The maximum absolute atomic E-state index is 10.9. The Hall–Kier alpha value is -2.37. The van der Waals surface area contributed by atoms with E-state index in [1.807, 2.05) is 12.1 Å². The summed E-state index contributed by atoms with van der Waals surface area (Å²) in [6.45, 7) is 0. The SMILES string of the molecule is COc1ccccc1-n1c(C=O)nnc1OC. The van der Waals surface area contributed by atoms with E-state index in [2.05, 4.69) is 10.2 Å². The lowest BCUT2D eigenvalue weighted by atomic mass is 10.3. The minimum atomic E-state index is 0.159. The van der Waals surface area contributed by atoms with E-state index in [9.17, 15) is 4.79 Å². The van der Waals surface area contributed by atoms with Crippen LogP contribution in [-0.2, 0) is 0 Å². The maximum Gasteiger partial charge on any atom is 0.321 e. The number of hydrogen-bond acceptors (Lipinski definition) is 5. The number of benzene rings is 1. The third-order valence-electron chi connectivity index (χ3n) is 2.27. The highest BCUT2D eigenvalue weighted by Gasteiger charge is 2.16. The zero-order valence-corrected chi connectivity index (χ0v) is 9.45. The summed E-state index contributed by atoms with van der Waals surface area (Å²) in [5.74, 6) is 0.764. The summed E-state index contributed by atoms with van der Waals surface area (Å²) in [6, 6.07) is 7.46. The average Bonchev–Trinajstić information content (AvgIpc) is 2.81. The number of aromatic nitrogens is 3. The van der Waals surface area contributed by atoms with Gasteiger partial charge in [-0.1, -0.05) is 17.2 Å². The second kappa shape index (κ2) is 4.65. The molecule has 1 heterocycles. The van der Waals surface area contributed by atoms with Crippen molar-refractivity contribution in [2.75, 3.05) is 14.2 Å². The minimum absolute atomic E-state index is 0.159. The molecule has 0 atom stereocenters. The molecule has 0 saturated carbocycles. The van der Waals surface area contributed by atoms with Gasteiger partial charge in [0.25, 0.3) is 0 Å². The van der Waals surface area contributed by atoms with Crippen molar-refractivity contribution >= 4 is 6.29 Å². The van der Waals surface area contributed by atoms with Gasteiger partial charge in [0, 0.05) is 0 Å². The van der Waals surface area contributed by atoms with E-state index >= 15 is 0 Å². The van der Waals surface area contributed by atoms with Crippen LogP contribution in [-0.4, -0.2) is 35.3 Å². The van der Waals surface area contributed by atoms with Crippen LogP contribution < -0.4 is 9.47 Å². The second-order valence-electron chi connectivity index (χ2n) is 3.17. The molecule has 0 aliphatic heterocycles. The number of rotatable bonds is 4. The quantitative estimate of drug-likeness (QED) is 0.740. The van der Waals surface area contributed by atoms with Crippen molar-refractivity contribution < 1.29 is 14.3 Å². The molecule has 1 aromatic heterocycles. The van der Waals surface area contributed by atoms with Gasteiger partial charge in [0.2, 0.25) is 5.82 Å². The number of aldehydes is 1. The van der Waals surface area contributed by atoms with Crippen LogP contribution in [0.3, 0.4) is 0 Å². The first-order valence-electron chi connectivity index (χ1n) is 4.89. The van der Waals surface area contributed by atoms with Gasteiger partial charge in [0.05, 0.1) is 19.9 Å². The van der Waals surface area contributed by atoms with Crippen LogP contribution in [0, 0.1) is 0 Å². The molecule has 0 spiro atoms. The third-order valence-corrected chi connectivity index (χ3v) is 2.27. The number of nitrogens with zero attached hydrogens (tertiary/aromatic N) is 3. The summed E-state index contributed by atoms with van der Waals surface area (Å²) in [7, 11) is 3.01. The summed E-state index contributed by atoms with van der Waals surface area (Å²) in [5.41, 5.74) is 0.652. The zero-order valence-electron chi connectivity index (χ0n) is 9.45. The molecule has 1 aromatic carbocycles. The van der Waals surface area contributed by atoms with Gasteiger partial charge in [-0.05, 0) is 12.1 Å². The normalized spacial score (nSPS) is 10.0. The van der Waals surface area contributed by atoms with E-state index in [4.69, 9.17) is 9.47 Å². The minimum Gasteiger partial charge on any atom is -0.495 e. The highest BCUT2D eigenvalue weighted by Crippen LogP contribution is 2.26. The molecule has 0 unspecified atom stereocenters. The summed E-state index contributed by atoms with van der Waals surface area (Å²) in [5, 5.41) is 7.48. The fourth-order valence-corrected chi connectivity index (χ4v) is 1.53. The Labute approximate surface area is 97.8 Å². The molecule has 88 valence electrons. The Balaban J connectivity index is 2.66.